The number of halogens is 1. The van der Waals surface area contributed by atoms with Crippen LogP contribution in [0.15, 0.2) is 34.9 Å². The highest BCUT2D eigenvalue weighted by Gasteiger charge is 2.32. The van der Waals surface area contributed by atoms with E-state index >= 15 is 0 Å². The van der Waals surface area contributed by atoms with Gasteiger partial charge in [0.25, 0.3) is 5.91 Å². The molecule has 0 aliphatic carbocycles. The fraction of sp³-hybridized carbons (Fsp3) is 0.471. The van der Waals surface area contributed by atoms with Gasteiger partial charge in [0, 0.05) is 24.5 Å². The molecule has 0 radical (unpaired) electrons. The number of hydrogen-bond acceptors (Lipinski definition) is 4. The van der Waals surface area contributed by atoms with Gasteiger partial charge < -0.3 is 19.8 Å². The van der Waals surface area contributed by atoms with E-state index in [1.54, 1.807) is 7.11 Å². The van der Waals surface area contributed by atoms with Crippen LogP contribution >= 0.6 is 12.4 Å². The van der Waals surface area contributed by atoms with Gasteiger partial charge in [-0.1, -0.05) is 18.2 Å². The number of benzene rings is 1. The molecule has 1 fully saturated rings. The molecule has 2 aromatic rings. The topological polar surface area (TPSA) is 63.5 Å². The second-order valence-corrected chi connectivity index (χ2v) is 6.01. The molecule has 6 heteroatoms. The fourth-order valence-electron chi connectivity index (χ4n) is 3.15. The number of furan rings is 1. The molecule has 0 unspecified atom stereocenters. The lowest BCUT2D eigenvalue weighted by Crippen LogP contribution is -2.47. The number of carbonyl (C=O) groups is 1. The maximum atomic E-state index is 12.5. The highest BCUT2D eigenvalue weighted by molar-refractivity contribution is 6.05. The molecule has 3 rings (SSSR count). The van der Waals surface area contributed by atoms with Crippen LogP contribution in [-0.2, 0) is 4.74 Å². The monoisotopic (exact) mass is 338 g/mol. The Labute approximate surface area is 142 Å². The van der Waals surface area contributed by atoms with Crippen LogP contribution in [0, 0.1) is 5.41 Å². The van der Waals surface area contributed by atoms with Crippen LogP contribution in [0.25, 0.3) is 11.0 Å². The predicted molar refractivity (Wildman–Crippen MR) is 92.2 cm³/mol. The highest BCUT2D eigenvalue weighted by Crippen LogP contribution is 2.28. The van der Waals surface area contributed by atoms with E-state index in [2.05, 4.69) is 10.6 Å². The van der Waals surface area contributed by atoms with Crippen molar-refractivity contribution in [2.45, 2.75) is 12.8 Å². The number of amides is 1. The molecule has 0 saturated carbocycles. The zero-order valence-corrected chi connectivity index (χ0v) is 14.1. The standard InChI is InChI=1S/C17H22N2O3.ClH/c1-21-12-17(6-8-18-9-7-17)11-19-16(20)14-10-22-15-5-3-2-4-13(14)15;/h2-5,10,18H,6-9,11-12H2,1H3,(H,19,20);1H. The minimum Gasteiger partial charge on any atom is -0.463 e. The Morgan fingerprint density at radius 3 is 2.83 bits per heavy atom. The van der Waals surface area contributed by atoms with Crippen molar-refractivity contribution in [1.29, 1.82) is 0 Å². The van der Waals surface area contributed by atoms with Crippen LogP contribution in [-0.4, -0.2) is 39.3 Å². The lowest BCUT2D eigenvalue weighted by molar-refractivity contribution is 0.0512. The summed E-state index contributed by atoms with van der Waals surface area (Å²) < 4.78 is 10.8. The third kappa shape index (κ3) is 3.86. The second kappa shape index (κ2) is 7.81. The summed E-state index contributed by atoms with van der Waals surface area (Å²) in [5.74, 6) is -0.0843. The maximum absolute atomic E-state index is 12.5. The van der Waals surface area contributed by atoms with Crippen LogP contribution in [0.4, 0.5) is 0 Å². The molecule has 1 aromatic carbocycles. The maximum Gasteiger partial charge on any atom is 0.255 e. The average molecular weight is 339 g/mol. The third-order valence-corrected chi connectivity index (χ3v) is 4.46. The number of methoxy groups -OCH3 is 1. The first-order valence-electron chi connectivity index (χ1n) is 7.68. The molecule has 2 N–H and O–H groups in total. The van der Waals surface area contributed by atoms with Gasteiger partial charge in [0.15, 0.2) is 0 Å². The van der Waals surface area contributed by atoms with E-state index in [1.165, 1.54) is 6.26 Å². The van der Waals surface area contributed by atoms with Crippen LogP contribution in [0.5, 0.6) is 0 Å². The molecule has 1 aromatic heterocycles. The van der Waals surface area contributed by atoms with Gasteiger partial charge in [0.1, 0.15) is 11.8 Å². The summed E-state index contributed by atoms with van der Waals surface area (Å²) in [4.78, 5) is 12.5. The average Bonchev–Trinajstić information content (AvgIpc) is 2.98. The van der Waals surface area contributed by atoms with E-state index in [-0.39, 0.29) is 23.7 Å². The van der Waals surface area contributed by atoms with E-state index in [4.69, 9.17) is 9.15 Å². The number of piperidine rings is 1. The number of rotatable bonds is 5. The zero-order chi connectivity index (χ0) is 15.4. The second-order valence-electron chi connectivity index (χ2n) is 6.01. The SMILES string of the molecule is COCC1(CNC(=O)c2coc3ccccc23)CCNCC1.Cl. The van der Waals surface area contributed by atoms with Gasteiger partial charge in [-0.15, -0.1) is 12.4 Å². The first-order chi connectivity index (χ1) is 10.7. The third-order valence-electron chi connectivity index (χ3n) is 4.46. The molecule has 2 heterocycles. The van der Waals surface area contributed by atoms with E-state index in [0.29, 0.717) is 18.7 Å². The Morgan fingerprint density at radius 2 is 2.09 bits per heavy atom. The van der Waals surface area contributed by atoms with Gasteiger partial charge in [0.2, 0.25) is 0 Å². The van der Waals surface area contributed by atoms with Crippen molar-refractivity contribution in [2.75, 3.05) is 33.4 Å². The summed E-state index contributed by atoms with van der Waals surface area (Å²) in [7, 11) is 1.72. The minimum atomic E-state index is -0.0843. The predicted octanol–water partition coefficient (Wildman–Crippen LogP) is 2.60. The Kier molecular flexibility index (Phi) is 6.04. The van der Waals surface area contributed by atoms with Gasteiger partial charge in [-0.25, -0.2) is 0 Å². The van der Waals surface area contributed by atoms with Gasteiger partial charge in [0.05, 0.1) is 12.2 Å². The number of fused-ring (bicyclic) bond motifs is 1. The lowest BCUT2D eigenvalue weighted by Gasteiger charge is -2.37. The molecule has 5 nitrogen and oxygen atoms in total. The number of para-hydroxylation sites is 1. The Morgan fingerprint density at radius 1 is 1.35 bits per heavy atom. The number of ether oxygens (including phenoxy) is 1. The van der Waals surface area contributed by atoms with Crippen molar-refractivity contribution in [2.24, 2.45) is 5.41 Å². The summed E-state index contributed by atoms with van der Waals surface area (Å²) in [6, 6.07) is 7.58. The van der Waals surface area contributed by atoms with Gasteiger partial charge in [-0.2, -0.15) is 0 Å². The first kappa shape index (κ1) is 17.8. The van der Waals surface area contributed by atoms with Crippen molar-refractivity contribution >= 4 is 29.3 Å². The molecule has 1 amide bonds. The van der Waals surface area contributed by atoms with E-state index in [9.17, 15) is 4.79 Å². The molecule has 0 bridgehead atoms. The van der Waals surface area contributed by atoms with Gasteiger partial charge >= 0.3 is 0 Å². The van der Waals surface area contributed by atoms with Crippen molar-refractivity contribution in [1.82, 2.24) is 10.6 Å². The summed E-state index contributed by atoms with van der Waals surface area (Å²) >= 11 is 0. The van der Waals surface area contributed by atoms with Crippen molar-refractivity contribution < 1.29 is 13.9 Å². The Hall–Kier alpha value is -1.56. The molecule has 126 valence electrons. The highest BCUT2D eigenvalue weighted by atomic mass is 35.5. The van der Waals surface area contributed by atoms with Gasteiger partial charge in [-0.3, -0.25) is 4.79 Å². The molecule has 0 spiro atoms. The van der Waals surface area contributed by atoms with Crippen molar-refractivity contribution in [3.63, 3.8) is 0 Å². The minimum absolute atomic E-state index is 0. The summed E-state index contributed by atoms with van der Waals surface area (Å²) in [6.07, 6.45) is 3.55. The summed E-state index contributed by atoms with van der Waals surface area (Å²) in [5, 5.41) is 7.27. The first-order valence-corrected chi connectivity index (χ1v) is 7.68. The van der Waals surface area contributed by atoms with Crippen molar-refractivity contribution in [3.8, 4) is 0 Å². The quantitative estimate of drug-likeness (QED) is 0.879. The molecule has 1 saturated heterocycles. The largest absolute Gasteiger partial charge is 0.463 e. The summed E-state index contributed by atoms with van der Waals surface area (Å²) in [6.45, 7) is 3.23. The van der Waals surface area contributed by atoms with E-state index in [0.717, 1.165) is 36.9 Å². The molecule has 1 aliphatic rings. The fourth-order valence-corrected chi connectivity index (χ4v) is 3.15. The summed E-state index contributed by atoms with van der Waals surface area (Å²) in [5.41, 5.74) is 1.35. The lowest BCUT2D eigenvalue weighted by atomic mass is 9.79. The van der Waals surface area contributed by atoms with Crippen LogP contribution in [0.1, 0.15) is 23.2 Å². The van der Waals surface area contributed by atoms with Gasteiger partial charge in [-0.05, 0) is 32.0 Å². The smallest absolute Gasteiger partial charge is 0.255 e. The normalized spacial score (nSPS) is 16.7. The number of carbonyl (C=O) groups excluding carboxylic acids is 1. The number of hydrogen-bond donors (Lipinski definition) is 2. The number of nitrogens with one attached hydrogen (secondary N) is 2. The van der Waals surface area contributed by atoms with Crippen molar-refractivity contribution in [3.05, 3.63) is 36.1 Å². The zero-order valence-electron chi connectivity index (χ0n) is 13.3. The van der Waals surface area contributed by atoms with E-state index in [1.807, 2.05) is 24.3 Å². The Balaban J connectivity index is 0.00000192. The van der Waals surface area contributed by atoms with Crippen LogP contribution < -0.4 is 10.6 Å². The van der Waals surface area contributed by atoms with E-state index < -0.39 is 0 Å². The molecule has 0 atom stereocenters. The molecular weight excluding hydrogens is 316 g/mol. The Bertz CT molecular complexity index is 645. The molecule has 23 heavy (non-hydrogen) atoms. The molecule has 1 aliphatic heterocycles. The van der Waals surface area contributed by atoms with Crippen LogP contribution in [0.2, 0.25) is 0 Å². The van der Waals surface area contributed by atoms with Crippen LogP contribution in [0.3, 0.4) is 0 Å². The molecular formula is C17H23ClN2O3.